The van der Waals surface area contributed by atoms with Gasteiger partial charge in [0.2, 0.25) is 0 Å². The van der Waals surface area contributed by atoms with Gasteiger partial charge in [-0.2, -0.15) is 0 Å². The third-order valence-corrected chi connectivity index (χ3v) is 12.1. The van der Waals surface area contributed by atoms with Gasteiger partial charge in [-0.05, 0) is 122 Å². The molecule has 4 aliphatic rings. The van der Waals surface area contributed by atoms with E-state index in [4.69, 9.17) is 9.72 Å². The zero-order valence-corrected chi connectivity index (χ0v) is 23.2. The summed E-state index contributed by atoms with van der Waals surface area (Å²) in [4.78, 5) is 9.52. The summed E-state index contributed by atoms with van der Waals surface area (Å²) < 4.78 is 5.34. The molecule has 4 fully saturated rings. The molecule has 1 heterocycles. The number of aliphatic hydroxyl groups is 2. The zero-order chi connectivity index (χ0) is 25.9. The number of fused-ring (bicyclic) bond motifs is 6. The molecular formula is C32H46N2O3. The third kappa shape index (κ3) is 4.19. The van der Waals surface area contributed by atoms with E-state index in [9.17, 15) is 10.2 Å². The molecule has 1 aromatic carbocycles. The van der Waals surface area contributed by atoms with Gasteiger partial charge >= 0.3 is 0 Å². The highest BCUT2D eigenvalue weighted by Gasteiger charge is 2.62. The quantitative estimate of drug-likeness (QED) is 0.505. The van der Waals surface area contributed by atoms with Gasteiger partial charge in [0.05, 0.1) is 24.8 Å². The molecule has 5 nitrogen and oxygen atoms in total. The Labute approximate surface area is 222 Å². The van der Waals surface area contributed by atoms with Crippen LogP contribution >= 0.6 is 0 Å². The van der Waals surface area contributed by atoms with Crippen molar-refractivity contribution in [2.24, 2.45) is 46.3 Å². The van der Waals surface area contributed by atoms with Crippen LogP contribution in [0.15, 0.2) is 24.4 Å². The van der Waals surface area contributed by atoms with E-state index in [1.165, 1.54) is 25.7 Å². The lowest BCUT2D eigenvalue weighted by molar-refractivity contribution is -0.174. The number of rotatable bonds is 5. The fourth-order valence-electron chi connectivity index (χ4n) is 10.0. The maximum absolute atomic E-state index is 11.5. The molecule has 202 valence electrons. The molecule has 10 atom stereocenters. The fraction of sp³-hybridized carbons (Fsp3) is 0.750. The van der Waals surface area contributed by atoms with Gasteiger partial charge in [0.15, 0.2) is 0 Å². The van der Waals surface area contributed by atoms with Gasteiger partial charge in [0, 0.05) is 18.0 Å². The Hall–Kier alpha value is -1.72. The van der Waals surface area contributed by atoms with Gasteiger partial charge < -0.3 is 14.9 Å². The smallest absolute Gasteiger partial charge is 0.128 e. The normalized spacial score (nSPS) is 42.1. The monoisotopic (exact) mass is 506 g/mol. The summed E-state index contributed by atoms with van der Waals surface area (Å²) in [7, 11) is 1.69. The van der Waals surface area contributed by atoms with Crippen LogP contribution in [-0.4, -0.2) is 39.5 Å². The van der Waals surface area contributed by atoms with Crippen LogP contribution < -0.4 is 4.74 Å². The number of aryl methyl sites for hydroxylation is 1. The van der Waals surface area contributed by atoms with Crippen LogP contribution in [0, 0.1) is 46.3 Å². The predicted octanol–water partition coefficient (Wildman–Crippen LogP) is 6.20. The molecule has 0 spiro atoms. The Bertz CT molecular complexity index is 1140. The lowest BCUT2D eigenvalue weighted by Crippen LogP contribution is -2.58. The number of aliphatic hydroxyl groups excluding tert-OH is 2. The summed E-state index contributed by atoms with van der Waals surface area (Å²) >= 11 is 0. The van der Waals surface area contributed by atoms with E-state index in [0.717, 1.165) is 61.0 Å². The maximum Gasteiger partial charge on any atom is 0.128 e. The minimum absolute atomic E-state index is 0.165. The molecule has 37 heavy (non-hydrogen) atoms. The number of benzene rings is 1. The zero-order valence-electron chi connectivity index (χ0n) is 23.2. The highest BCUT2D eigenvalue weighted by molar-refractivity contribution is 5.79. The minimum Gasteiger partial charge on any atom is -0.497 e. The first-order valence-corrected chi connectivity index (χ1v) is 14.9. The number of hydrogen-bond donors (Lipinski definition) is 2. The van der Waals surface area contributed by atoms with E-state index >= 15 is 0 Å². The van der Waals surface area contributed by atoms with Crippen LogP contribution in [0.2, 0.25) is 0 Å². The molecule has 2 N–H and O–H groups in total. The predicted molar refractivity (Wildman–Crippen MR) is 146 cm³/mol. The highest BCUT2D eigenvalue weighted by atomic mass is 16.5. The molecule has 0 aliphatic heterocycles. The Kier molecular flexibility index (Phi) is 6.55. The van der Waals surface area contributed by atoms with E-state index in [-0.39, 0.29) is 12.2 Å². The SMILES string of the molecule is COc1ccc2nc(CC[C@@H](C)[C@H]3CC[C@H]4[C@H]5C(CC[C@]34C)[C@@]3(C)CC[C@@H](O)C[C@H]3C[C@@H]5O)ncc2c1. The molecule has 0 bridgehead atoms. The van der Waals surface area contributed by atoms with E-state index in [2.05, 4.69) is 25.8 Å². The van der Waals surface area contributed by atoms with Crippen molar-refractivity contribution in [1.82, 2.24) is 9.97 Å². The van der Waals surface area contributed by atoms with Crippen molar-refractivity contribution >= 4 is 10.9 Å². The molecule has 4 saturated carbocycles. The fourth-order valence-corrected chi connectivity index (χ4v) is 10.0. The molecule has 1 aromatic heterocycles. The van der Waals surface area contributed by atoms with Crippen molar-refractivity contribution in [2.75, 3.05) is 7.11 Å². The van der Waals surface area contributed by atoms with Gasteiger partial charge in [-0.15, -0.1) is 0 Å². The molecule has 2 aromatic rings. The minimum atomic E-state index is -0.198. The molecule has 0 radical (unpaired) electrons. The Balaban J connectivity index is 1.15. The Morgan fingerprint density at radius 3 is 2.62 bits per heavy atom. The summed E-state index contributed by atoms with van der Waals surface area (Å²) in [5.41, 5.74) is 1.60. The summed E-state index contributed by atoms with van der Waals surface area (Å²) in [5, 5.41) is 22.9. The van der Waals surface area contributed by atoms with Gasteiger partial charge in [-0.1, -0.05) is 20.8 Å². The van der Waals surface area contributed by atoms with Crippen molar-refractivity contribution < 1.29 is 14.9 Å². The standard InChI is InChI=1S/C32H46N2O3/c1-19(5-10-29-33-18-20-15-23(37-4)6-9-27(20)34-29)24-7-8-25-30-26(12-14-32(24,25)3)31(2)13-11-22(35)16-21(31)17-28(30)36/h6,9,15,18-19,21-22,24-26,28,30,35-36H,5,7-8,10-14,16-17H2,1-4H3/t19-,21+,22-,24-,25+,26?,28+,30+,31+,32-/m1/s1. The Morgan fingerprint density at radius 1 is 1.03 bits per heavy atom. The number of nitrogens with zero attached hydrogens (tertiary/aromatic N) is 2. The van der Waals surface area contributed by atoms with E-state index in [0.29, 0.717) is 46.3 Å². The maximum atomic E-state index is 11.5. The third-order valence-electron chi connectivity index (χ3n) is 12.1. The number of aromatic nitrogens is 2. The van der Waals surface area contributed by atoms with Crippen LogP contribution in [0.3, 0.4) is 0 Å². The van der Waals surface area contributed by atoms with E-state index in [1.807, 2.05) is 24.4 Å². The van der Waals surface area contributed by atoms with Crippen molar-refractivity contribution in [2.45, 2.75) is 97.2 Å². The van der Waals surface area contributed by atoms with Crippen LogP contribution in [0.5, 0.6) is 5.75 Å². The van der Waals surface area contributed by atoms with Gasteiger partial charge in [-0.3, -0.25) is 0 Å². The van der Waals surface area contributed by atoms with Crippen LogP contribution in [0.1, 0.15) is 84.4 Å². The summed E-state index contributed by atoms with van der Waals surface area (Å²) in [6, 6.07) is 5.99. The van der Waals surface area contributed by atoms with E-state index < -0.39 is 0 Å². The molecule has 0 saturated heterocycles. The molecule has 0 amide bonds. The second kappa shape index (κ2) is 9.48. The van der Waals surface area contributed by atoms with Gasteiger partial charge in [-0.25, -0.2) is 9.97 Å². The lowest BCUT2D eigenvalue weighted by atomic mass is 9.43. The number of methoxy groups -OCH3 is 1. The molecule has 6 rings (SSSR count). The average Bonchev–Trinajstić information content (AvgIpc) is 3.25. The van der Waals surface area contributed by atoms with Crippen LogP contribution in [0.25, 0.3) is 10.9 Å². The first kappa shape index (κ1) is 25.6. The second-order valence-electron chi connectivity index (χ2n) is 13.7. The first-order valence-electron chi connectivity index (χ1n) is 14.9. The van der Waals surface area contributed by atoms with Gasteiger partial charge in [0.25, 0.3) is 0 Å². The molecular weight excluding hydrogens is 460 g/mol. The largest absolute Gasteiger partial charge is 0.497 e. The molecule has 1 unspecified atom stereocenters. The summed E-state index contributed by atoms with van der Waals surface area (Å²) in [5.74, 6) is 5.27. The number of hydrogen-bond acceptors (Lipinski definition) is 5. The molecule has 4 aliphatic carbocycles. The first-order chi connectivity index (χ1) is 17.7. The second-order valence-corrected chi connectivity index (χ2v) is 13.7. The molecule has 5 heteroatoms. The average molecular weight is 507 g/mol. The lowest BCUT2D eigenvalue weighted by Gasteiger charge is -2.62. The topological polar surface area (TPSA) is 75.5 Å². The van der Waals surface area contributed by atoms with E-state index in [1.54, 1.807) is 7.11 Å². The number of ether oxygens (including phenoxy) is 1. The van der Waals surface area contributed by atoms with Crippen molar-refractivity contribution in [3.63, 3.8) is 0 Å². The van der Waals surface area contributed by atoms with Crippen molar-refractivity contribution in [1.29, 1.82) is 0 Å². The van der Waals surface area contributed by atoms with Crippen molar-refractivity contribution in [3.8, 4) is 5.75 Å². The highest BCUT2D eigenvalue weighted by Crippen LogP contribution is 2.68. The summed E-state index contributed by atoms with van der Waals surface area (Å²) in [6.07, 6.45) is 12.6. The Morgan fingerprint density at radius 2 is 1.81 bits per heavy atom. The van der Waals surface area contributed by atoms with Crippen molar-refractivity contribution in [3.05, 3.63) is 30.2 Å². The summed E-state index contributed by atoms with van der Waals surface area (Å²) in [6.45, 7) is 7.52. The van der Waals surface area contributed by atoms with Gasteiger partial charge in [0.1, 0.15) is 11.6 Å². The van der Waals surface area contributed by atoms with Crippen LogP contribution in [-0.2, 0) is 6.42 Å². The van der Waals surface area contributed by atoms with Crippen LogP contribution in [0.4, 0.5) is 0 Å².